The van der Waals surface area contributed by atoms with E-state index in [4.69, 9.17) is 10.2 Å². The lowest BCUT2D eigenvalue weighted by Crippen LogP contribution is -2.39. The van der Waals surface area contributed by atoms with Gasteiger partial charge in [0.2, 0.25) is 5.91 Å². The average Bonchev–Trinajstić information content (AvgIpc) is 2.70. The Morgan fingerprint density at radius 1 is 0.833 bits per heavy atom. The number of carboxylic acids is 1. The van der Waals surface area contributed by atoms with Crippen LogP contribution in [0, 0.1) is 0 Å². The van der Waals surface area contributed by atoms with Crippen LogP contribution in [0.3, 0.4) is 0 Å². The first-order valence-electron chi connectivity index (χ1n) is 12.1. The standard InChI is InChI=1S/C24H46N2O4/c1-2-3-4-5-6-7-8-9-10-11-12-13-14-15-16-17-23(28)25-18-19-26(20-21-27)22-24(29)30/h9-10,27H,2-8,11-22H2,1H3,(H,25,28)(H,29,30)/b10-9+. The molecule has 0 heterocycles. The number of rotatable bonds is 22. The van der Waals surface area contributed by atoms with Crippen molar-refractivity contribution >= 4 is 11.9 Å². The molecule has 0 aliphatic rings. The van der Waals surface area contributed by atoms with E-state index in [0.29, 0.717) is 26.1 Å². The third kappa shape index (κ3) is 21.3. The molecule has 0 aliphatic heterocycles. The molecule has 0 bridgehead atoms. The van der Waals surface area contributed by atoms with Gasteiger partial charge in [-0.1, -0.05) is 70.4 Å². The normalized spacial score (nSPS) is 11.4. The maximum Gasteiger partial charge on any atom is 0.317 e. The highest BCUT2D eigenvalue weighted by atomic mass is 16.4. The zero-order valence-corrected chi connectivity index (χ0v) is 19.2. The van der Waals surface area contributed by atoms with Crippen LogP contribution in [0.4, 0.5) is 0 Å². The second-order valence-electron chi connectivity index (χ2n) is 8.08. The number of carbonyl (C=O) groups excluding carboxylic acids is 1. The van der Waals surface area contributed by atoms with E-state index in [1.807, 2.05) is 0 Å². The highest BCUT2D eigenvalue weighted by molar-refractivity contribution is 5.75. The largest absolute Gasteiger partial charge is 0.480 e. The van der Waals surface area contributed by atoms with Gasteiger partial charge >= 0.3 is 5.97 Å². The zero-order valence-electron chi connectivity index (χ0n) is 19.2. The first-order valence-corrected chi connectivity index (χ1v) is 12.1. The molecule has 3 N–H and O–H groups in total. The highest BCUT2D eigenvalue weighted by Crippen LogP contribution is 2.09. The maximum atomic E-state index is 11.8. The van der Waals surface area contributed by atoms with Crippen LogP contribution < -0.4 is 5.32 Å². The Morgan fingerprint density at radius 3 is 1.97 bits per heavy atom. The molecule has 0 spiro atoms. The minimum atomic E-state index is -0.928. The average molecular weight is 427 g/mol. The molecule has 0 rings (SSSR count). The summed E-state index contributed by atoms with van der Waals surface area (Å²) in [6, 6.07) is 0. The molecule has 0 unspecified atom stereocenters. The van der Waals surface area contributed by atoms with Crippen molar-refractivity contribution in [3.63, 3.8) is 0 Å². The van der Waals surface area contributed by atoms with Crippen molar-refractivity contribution in [3.8, 4) is 0 Å². The van der Waals surface area contributed by atoms with Crippen molar-refractivity contribution in [3.05, 3.63) is 12.2 Å². The lowest BCUT2D eigenvalue weighted by atomic mass is 10.1. The predicted molar refractivity (Wildman–Crippen MR) is 124 cm³/mol. The Morgan fingerprint density at radius 2 is 1.40 bits per heavy atom. The fraction of sp³-hybridized carbons (Fsp3) is 0.833. The van der Waals surface area contributed by atoms with Gasteiger partial charge in [-0.2, -0.15) is 0 Å². The Kier molecular flexibility index (Phi) is 21.2. The number of aliphatic carboxylic acids is 1. The summed E-state index contributed by atoms with van der Waals surface area (Å²) < 4.78 is 0. The number of aliphatic hydroxyl groups is 1. The molecule has 0 aromatic rings. The fourth-order valence-corrected chi connectivity index (χ4v) is 3.40. The number of hydrogen-bond donors (Lipinski definition) is 3. The van der Waals surface area contributed by atoms with Crippen molar-refractivity contribution in [2.24, 2.45) is 0 Å². The summed E-state index contributed by atoms with van der Waals surface area (Å²) >= 11 is 0. The molecule has 6 heteroatoms. The molecule has 0 fully saturated rings. The van der Waals surface area contributed by atoms with Gasteiger partial charge in [-0.05, 0) is 32.1 Å². The van der Waals surface area contributed by atoms with Gasteiger partial charge in [-0.25, -0.2) is 0 Å². The van der Waals surface area contributed by atoms with E-state index in [1.54, 1.807) is 4.90 Å². The molecule has 1 amide bonds. The highest BCUT2D eigenvalue weighted by Gasteiger charge is 2.09. The first kappa shape index (κ1) is 28.6. The van der Waals surface area contributed by atoms with E-state index in [0.717, 1.165) is 19.3 Å². The van der Waals surface area contributed by atoms with Crippen molar-refractivity contribution < 1.29 is 19.8 Å². The van der Waals surface area contributed by atoms with Crippen LogP contribution in [0.15, 0.2) is 12.2 Å². The van der Waals surface area contributed by atoms with Gasteiger partial charge in [-0.15, -0.1) is 0 Å². The third-order valence-corrected chi connectivity index (χ3v) is 5.19. The van der Waals surface area contributed by atoms with Gasteiger partial charge in [0.05, 0.1) is 13.2 Å². The number of nitrogens with one attached hydrogen (secondary N) is 1. The van der Waals surface area contributed by atoms with Gasteiger partial charge in [0.15, 0.2) is 0 Å². The van der Waals surface area contributed by atoms with Crippen molar-refractivity contribution in [2.45, 2.75) is 96.8 Å². The van der Waals surface area contributed by atoms with Crippen molar-refractivity contribution in [2.75, 3.05) is 32.8 Å². The minimum Gasteiger partial charge on any atom is -0.480 e. The van der Waals surface area contributed by atoms with Gasteiger partial charge in [0.25, 0.3) is 0 Å². The monoisotopic (exact) mass is 426 g/mol. The van der Waals surface area contributed by atoms with E-state index in [1.165, 1.54) is 64.2 Å². The lowest BCUT2D eigenvalue weighted by Gasteiger charge is -2.19. The second-order valence-corrected chi connectivity index (χ2v) is 8.08. The van der Waals surface area contributed by atoms with E-state index in [9.17, 15) is 9.59 Å². The summed E-state index contributed by atoms with van der Waals surface area (Å²) in [6.07, 6.45) is 21.3. The van der Waals surface area contributed by atoms with Crippen LogP contribution in [0.5, 0.6) is 0 Å². The molecule has 0 atom stereocenters. The number of nitrogens with zero attached hydrogens (tertiary/aromatic N) is 1. The lowest BCUT2D eigenvalue weighted by molar-refractivity contribution is -0.138. The van der Waals surface area contributed by atoms with Crippen LogP contribution in [-0.4, -0.2) is 59.8 Å². The van der Waals surface area contributed by atoms with Gasteiger partial charge in [0.1, 0.15) is 0 Å². The summed E-state index contributed by atoms with van der Waals surface area (Å²) in [6.45, 7) is 3.20. The number of unbranched alkanes of at least 4 members (excludes halogenated alkanes) is 11. The number of allylic oxidation sites excluding steroid dienone is 2. The van der Waals surface area contributed by atoms with Gasteiger partial charge < -0.3 is 15.5 Å². The van der Waals surface area contributed by atoms with Gasteiger partial charge in [0, 0.05) is 26.1 Å². The molecular weight excluding hydrogens is 380 g/mol. The molecule has 0 saturated carbocycles. The summed E-state index contributed by atoms with van der Waals surface area (Å²) in [5.74, 6) is -0.907. The van der Waals surface area contributed by atoms with E-state index in [2.05, 4.69) is 24.4 Å². The van der Waals surface area contributed by atoms with Crippen molar-refractivity contribution in [1.82, 2.24) is 10.2 Å². The van der Waals surface area contributed by atoms with Crippen LogP contribution >= 0.6 is 0 Å². The smallest absolute Gasteiger partial charge is 0.317 e. The molecule has 0 aliphatic carbocycles. The zero-order chi connectivity index (χ0) is 22.3. The molecule has 176 valence electrons. The molecule has 0 saturated heterocycles. The molecular formula is C24H46N2O4. The van der Waals surface area contributed by atoms with Crippen molar-refractivity contribution in [1.29, 1.82) is 0 Å². The Labute approximate surface area is 184 Å². The Bertz CT molecular complexity index is 441. The van der Waals surface area contributed by atoms with Crippen LogP contribution in [0.25, 0.3) is 0 Å². The number of carboxylic acid groups (broad SMARTS) is 1. The van der Waals surface area contributed by atoms with Crippen LogP contribution in [0.2, 0.25) is 0 Å². The number of hydrogen-bond acceptors (Lipinski definition) is 4. The predicted octanol–water partition coefficient (Wildman–Crippen LogP) is 4.52. The summed E-state index contributed by atoms with van der Waals surface area (Å²) in [7, 11) is 0. The minimum absolute atomic E-state index is 0.0203. The molecule has 0 aromatic heterocycles. The molecule has 0 radical (unpaired) electrons. The summed E-state index contributed by atoms with van der Waals surface area (Å²) in [5, 5.41) is 20.6. The van der Waals surface area contributed by atoms with Crippen LogP contribution in [-0.2, 0) is 9.59 Å². The quantitative estimate of drug-likeness (QED) is 0.175. The SMILES string of the molecule is CCCCCCCC/C=C/CCCCCCCC(=O)NCCN(CCO)CC(=O)O. The van der Waals surface area contributed by atoms with E-state index >= 15 is 0 Å². The molecule has 30 heavy (non-hydrogen) atoms. The second kappa shape index (κ2) is 22.3. The van der Waals surface area contributed by atoms with E-state index < -0.39 is 5.97 Å². The topological polar surface area (TPSA) is 89.9 Å². The van der Waals surface area contributed by atoms with E-state index in [-0.39, 0.29) is 19.1 Å². The maximum absolute atomic E-state index is 11.8. The van der Waals surface area contributed by atoms with Gasteiger partial charge in [-0.3, -0.25) is 14.5 Å². The number of aliphatic hydroxyl groups excluding tert-OH is 1. The Hall–Kier alpha value is -1.40. The number of amides is 1. The van der Waals surface area contributed by atoms with Crippen LogP contribution in [0.1, 0.15) is 96.8 Å². The first-order chi connectivity index (χ1) is 14.6. The summed E-state index contributed by atoms with van der Waals surface area (Å²) in [4.78, 5) is 24.2. The molecule has 6 nitrogen and oxygen atoms in total. The Balaban J connectivity index is 3.44. The fourth-order valence-electron chi connectivity index (χ4n) is 3.40. The number of carbonyl (C=O) groups is 2. The summed E-state index contributed by atoms with van der Waals surface area (Å²) in [5.41, 5.74) is 0. The third-order valence-electron chi connectivity index (χ3n) is 5.19. The molecule has 0 aromatic carbocycles.